The van der Waals surface area contributed by atoms with E-state index in [1.54, 1.807) is 7.11 Å². The minimum atomic E-state index is 0.0424. The fourth-order valence-corrected chi connectivity index (χ4v) is 3.47. The van der Waals surface area contributed by atoms with Gasteiger partial charge in [0.1, 0.15) is 0 Å². The van der Waals surface area contributed by atoms with E-state index in [-0.39, 0.29) is 12.1 Å². The molecule has 0 saturated carbocycles. The van der Waals surface area contributed by atoms with Crippen molar-refractivity contribution in [1.29, 1.82) is 0 Å². The topological polar surface area (TPSA) is 42.3 Å². The number of rotatable bonds is 6. The maximum atomic E-state index is 5.58. The molecule has 0 spiro atoms. The summed E-state index contributed by atoms with van der Waals surface area (Å²) in [7, 11) is 1.71. The number of ether oxygens (including phenoxy) is 1. The van der Waals surface area contributed by atoms with Gasteiger partial charge in [0.25, 0.3) is 0 Å². The highest BCUT2D eigenvalue weighted by Gasteiger charge is 2.40. The molecule has 0 aromatic carbocycles. The molecule has 0 bridgehead atoms. The normalized spacial score (nSPS) is 20.8. The molecule has 1 saturated heterocycles. The molecule has 3 heterocycles. The average Bonchev–Trinajstić information content (AvgIpc) is 3.17. The van der Waals surface area contributed by atoms with Crippen molar-refractivity contribution < 1.29 is 4.74 Å². The van der Waals surface area contributed by atoms with Gasteiger partial charge in [-0.1, -0.05) is 6.07 Å². The standard InChI is InChI=1S/C17H22N4OS/c1-3-20-10-6-8-14(20)16-15(13-7-4-5-9-18-13)19-17(23)21(16)11-12-22-2/h4-10,15-16H,3,11-12H2,1-2H3,(H,19,23)/t15-,16+/m1/s1. The predicted molar refractivity (Wildman–Crippen MR) is 94.1 cm³/mol. The van der Waals surface area contributed by atoms with E-state index < -0.39 is 0 Å². The first-order valence-corrected chi connectivity index (χ1v) is 8.29. The first-order chi connectivity index (χ1) is 11.3. The third-order valence-electron chi connectivity index (χ3n) is 4.24. The minimum absolute atomic E-state index is 0.0424. The van der Waals surface area contributed by atoms with E-state index in [0.717, 1.165) is 23.9 Å². The maximum absolute atomic E-state index is 5.58. The van der Waals surface area contributed by atoms with Crippen molar-refractivity contribution in [3.63, 3.8) is 0 Å². The lowest BCUT2D eigenvalue weighted by Gasteiger charge is -2.28. The smallest absolute Gasteiger partial charge is 0.170 e. The van der Waals surface area contributed by atoms with Crippen LogP contribution in [0.4, 0.5) is 0 Å². The first kappa shape index (κ1) is 16.0. The lowest BCUT2D eigenvalue weighted by molar-refractivity contribution is 0.162. The molecular formula is C17H22N4OS. The van der Waals surface area contributed by atoms with Crippen LogP contribution in [0.15, 0.2) is 42.7 Å². The van der Waals surface area contributed by atoms with Gasteiger partial charge in [0, 0.05) is 38.3 Å². The lowest BCUT2D eigenvalue weighted by Crippen LogP contribution is -2.33. The zero-order valence-corrected chi connectivity index (χ0v) is 14.3. The van der Waals surface area contributed by atoms with Crippen molar-refractivity contribution in [3.8, 4) is 0 Å². The number of aromatic nitrogens is 2. The van der Waals surface area contributed by atoms with Crippen LogP contribution in [0, 0.1) is 0 Å². The number of hydrogen-bond acceptors (Lipinski definition) is 3. The van der Waals surface area contributed by atoms with Gasteiger partial charge in [0.15, 0.2) is 5.11 Å². The second-order valence-electron chi connectivity index (χ2n) is 5.53. The Balaban J connectivity index is 2.00. The summed E-state index contributed by atoms with van der Waals surface area (Å²) in [5, 5.41) is 4.20. The van der Waals surface area contributed by atoms with Crippen LogP contribution < -0.4 is 5.32 Å². The number of hydrogen-bond donors (Lipinski definition) is 1. The summed E-state index contributed by atoms with van der Waals surface area (Å²) in [6, 6.07) is 10.4. The second kappa shape index (κ2) is 7.10. The largest absolute Gasteiger partial charge is 0.383 e. The molecule has 2 aromatic rings. The van der Waals surface area contributed by atoms with E-state index in [1.807, 2.05) is 24.4 Å². The Morgan fingerprint density at radius 2 is 2.17 bits per heavy atom. The van der Waals surface area contributed by atoms with Gasteiger partial charge in [0.05, 0.1) is 24.4 Å². The van der Waals surface area contributed by atoms with Crippen LogP contribution in [0.2, 0.25) is 0 Å². The molecule has 1 aliphatic rings. The molecule has 0 radical (unpaired) electrons. The highest BCUT2D eigenvalue weighted by atomic mass is 32.1. The van der Waals surface area contributed by atoms with Crippen LogP contribution in [0.1, 0.15) is 30.4 Å². The van der Waals surface area contributed by atoms with Crippen molar-refractivity contribution >= 4 is 17.3 Å². The molecule has 5 nitrogen and oxygen atoms in total. The van der Waals surface area contributed by atoms with Gasteiger partial charge >= 0.3 is 0 Å². The van der Waals surface area contributed by atoms with Gasteiger partial charge in [-0.2, -0.15) is 0 Å². The molecule has 3 rings (SSSR count). The SMILES string of the molecule is CCn1cccc1[C@H]1[C@@H](c2ccccn2)NC(=S)N1CCOC. The number of nitrogens with one attached hydrogen (secondary N) is 1. The molecular weight excluding hydrogens is 308 g/mol. The Morgan fingerprint density at radius 1 is 1.30 bits per heavy atom. The number of pyridine rings is 1. The summed E-state index contributed by atoms with van der Waals surface area (Å²) >= 11 is 5.58. The third-order valence-corrected chi connectivity index (χ3v) is 4.59. The second-order valence-corrected chi connectivity index (χ2v) is 5.92. The molecule has 2 aromatic heterocycles. The minimum Gasteiger partial charge on any atom is -0.383 e. The van der Waals surface area contributed by atoms with Crippen LogP contribution in [0.25, 0.3) is 0 Å². The molecule has 122 valence electrons. The van der Waals surface area contributed by atoms with Crippen LogP contribution in [0.3, 0.4) is 0 Å². The maximum Gasteiger partial charge on any atom is 0.170 e. The fourth-order valence-electron chi connectivity index (χ4n) is 3.14. The Bertz CT molecular complexity index is 658. The summed E-state index contributed by atoms with van der Waals surface area (Å²) in [5.41, 5.74) is 2.25. The molecule has 2 atom stereocenters. The van der Waals surface area contributed by atoms with Crippen LogP contribution >= 0.6 is 12.2 Å². The Labute approximate surface area is 142 Å². The first-order valence-electron chi connectivity index (χ1n) is 7.88. The molecule has 0 aliphatic carbocycles. The average molecular weight is 330 g/mol. The Morgan fingerprint density at radius 3 is 2.87 bits per heavy atom. The molecule has 23 heavy (non-hydrogen) atoms. The lowest BCUT2D eigenvalue weighted by atomic mass is 10.0. The molecule has 6 heteroatoms. The Hall–Kier alpha value is -1.92. The summed E-state index contributed by atoms with van der Waals surface area (Å²) < 4.78 is 7.52. The molecule has 1 N–H and O–H groups in total. The highest BCUT2D eigenvalue weighted by Crippen LogP contribution is 2.38. The van der Waals surface area contributed by atoms with Crippen molar-refractivity contribution in [2.45, 2.75) is 25.6 Å². The molecule has 1 aliphatic heterocycles. The summed E-state index contributed by atoms with van der Waals surface area (Å²) in [6.45, 7) is 4.48. The van der Waals surface area contributed by atoms with E-state index in [9.17, 15) is 0 Å². The van der Waals surface area contributed by atoms with Gasteiger partial charge in [-0.15, -0.1) is 0 Å². The van der Waals surface area contributed by atoms with E-state index in [4.69, 9.17) is 17.0 Å². The van der Waals surface area contributed by atoms with Gasteiger partial charge in [-0.3, -0.25) is 4.98 Å². The molecule has 1 fully saturated rings. The zero-order chi connectivity index (χ0) is 16.2. The predicted octanol–water partition coefficient (Wildman–Crippen LogP) is 2.52. The van der Waals surface area contributed by atoms with E-state index in [0.29, 0.717) is 6.61 Å². The number of nitrogens with zero attached hydrogens (tertiary/aromatic N) is 3. The van der Waals surface area contributed by atoms with Crippen molar-refractivity contribution in [1.82, 2.24) is 19.8 Å². The summed E-state index contributed by atoms with van der Waals surface area (Å²) in [4.78, 5) is 6.74. The van der Waals surface area contributed by atoms with Gasteiger partial charge in [-0.25, -0.2) is 0 Å². The summed E-state index contributed by atoms with van der Waals surface area (Å²) in [6.07, 6.45) is 3.94. The Kier molecular flexibility index (Phi) is 4.93. The zero-order valence-electron chi connectivity index (χ0n) is 13.5. The monoisotopic (exact) mass is 330 g/mol. The number of thiocarbonyl (C=S) groups is 1. The van der Waals surface area contributed by atoms with Crippen molar-refractivity contribution in [2.24, 2.45) is 0 Å². The van der Waals surface area contributed by atoms with Crippen LogP contribution in [-0.2, 0) is 11.3 Å². The molecule has 0 amide bonds. The third kappa shape index (κ3) is 3.09. The summed E-state index contributed by atoms with van der Waals surface area (Å²) in [5.74, 6) is 0. The fraction of sp³-hybridized carbons (Fsp3) is 0.412. The quantitative estimate of drug-likeness (QED) is 0.825. The van der Waals surface area contributed by atoms with Crippen LogP contribution in [-0.4, -0.2) is 39.8 Å². The van der Waals surface area contributed by atoms with Crippen LogP contribution in [0.5, 0.6) is 0 Å². The highest BCUT2D eigenvalue weighted by molar-refractivity contribution is 7.80. The van der Waals surface area contributed by atoms with Crippen molar-refractivity contribution in [2.75, 3.05) is 20.3 Å². The number of methoxy groups -OCH3 is 1. The number of aryl methyl sites for hydroxylation is 1. The van der Waals surface area contributed by atoms with Gasteiger partial charge < -0.3 is 19.5 Å². The van der Waals surface area contributed by atoms with E-state index >= 15 is 0 Å². The van der Waals surface area contributed by atoms with Gasteiger partial charge in [0.2, 0.25) is 0 Å². The van der Waals surface area contributed by atoms with Gasteiger partial charge in [-0.05, 0) is 43.4 Å². The molecule has 0 unspecified atom stereocenters. The van der Waals surface area contributed by atoms with E-state index in [2.05, 4.69) is 45.0 Å². The van der Waals surface area contributed by atoms with Crippen molar-refractivity contribution in [3.05, 3.63) is 54.1 Å². The van der Waals surface area contributed by atoms with E-state index in [1.165, 1.54) is 5.69 Å².